The molecule has 1 aromatic rings. The molecule has 0 saturated heterocycles. The SMILES string of the molecule is CCN(CC(C)(C)CN)c1ncc([N+](=O)[O-])s1. The Morgan fingerprint density at radius 3 is 2.71 bits per heavy atom. The molecule has 0 fully saturated rings. The molecule has 0 saturated carbocycles. The van der Waals surface area contributed by atoms with Crippen LogP contribution in [0.2, 0.25) is 0 Å². The molecule has 0 aliphatic rings. The van der Waals surface area contributed by atoms with Crippen molar-refractivity contribution in [3.63, 3.8) is 0 Å². The van der Waals surface area contributed by atoms with Crippen LogP contribution in [0.5, 0.6) is 0 Å². The third kappa shape index (κ3) is 3.64. The molecule has 2 N–H and O–H groups in total. The molecule has 1 heterocycles. The summed E-state index contributed by atoms with van der Waals surface area (Å²) in [6, 6.07) is 0. The zero-order valence-electron chi connectivity index (χ0n) is 10.3. The predicted molar refractivity (Wildman–Crippen MR) is 69.5 cm³/mol. The lowest BCUT2D eigenvalue weighted by Crippen LogP contribution is -2.38. The summed E-state index contributed by atoms with van der Waals surface area (Å²) in [6.07, 6.45) is 1.30. The molecule has 0 unspecified atom stereocenters. The summed E-state index contributed by atoms with van der Waals surface area (Å²) in [4.78, 5) is 16.3. The van der Waals surface area contributed by atoms with Crippen LogP contribution in [0, 0.1) is 15.5 Å². The van der Waals surface area contributed by atoms with Gasteiger partial charge in [-0.2, -0.15) is 0 Å². The number of rotatable bonds is 6. The Morgan fingerprint density at radius 1 is 1.65 bits per heavy atom. The van der Waals surface area contributed by atoms with Gasteiger partial charge in [-0.3, -0.25) is 10.1 Å². The van der Waals surface area contributed by atoms with Gasteiger partial charge in [0.05, 0.1) is 4.92 Å². The number of hydrogen-bond donors (Lipinski definition) is 1. The number of anilines is 1. The van der Waals surface area contributed by atoms with E-state index >= 15 is 0 Å². The first-order chi connectivity index (χ1) is 7.89. The highest BCUT2D eigenvalue weighted by Crippen LogP contribution is 2.30. The molecule has 1 rings (SSSR count). The van der Waals surface area contributed by atoms with Crippen molar-refractivity contribution in [1.29, 1.82) is 0 Å². The minimum atomic E-state index is -0.414. The Bertz CT molecular complexity index is 391. The van der Waals surface area contributed by atoms with Crippen molar-refractivity contribution < 1.29 is 4.92 Å². The van der Waals surface area contributed by atoms with E-state index in [0.29, 0.717) is 11.7 Å². The van der Waals surface area contributed by atoms with Gasteiger partial charge in [-0.05, 0) is 30.2 Å². The van der Waals surface area contributed by atoms with Gasteiger partial charge in [0.15, 0.2) is 5.13 Å². The molecule has 6 nitrogen and oxygen atoms in total. The van der Waals surface area contributed by atoms with E-state index in [0.717, 1.165) is 24.4 Å². The van der Waals surface area contributed by atoms with Crippen molar-refractivity contribution >= 4 is 21.5 Å². The Balaban J connectivity index is 2.83. The van der Waals surface area contributed by atoms with Crippen molar-refractivity contribution in [1.82, 2.24) is 4.98 Å². The summed E-state index contributed by atoms with van der Waals surface area (Å²) in [6.45, 7) is 8.20. The van der Waals surface area contributed by atoms with Crippen molar-refractivity contribution in [2.75, 3.05) is 24.5 Å². The van der Waals surface area contributed by atoms with Crippen molar-refractivity contribution in [2.45, 2.75) is 20.8 Å². The number of aromatic nitrogens is 1. The minimum Gasteiger partial charge on any atom is -0.348 e. The number of hydrogen-bond acceptors (Lipinski definition) is 6. The number of nitrogens with zero attached hydrogens (tertiary/aromatic N) is 3. The molecule has 0 amide bonds. The molecule has 0 aliphatic carbocycles. The lowest BCUT2D eigenvalue weighted by atomic mass is 9.93. The molecule has 7 heteroatoms. The topological polar surface area (TPSA) is 85.3 Å². The fraction of sp³-hybridized carbons (Fsp3) is 0.700. The van der Waals surface area contributed by atoms with E-state index in [2.05, 4.69) is 18.8 Å². The van der Waals surface area contributed by atoms with Gasteiger partial charge in [-0.1, -0.05) is 13.8 Å². The Kier molecular flexibility index (Phi) is 4.41. The Labute approximate surface area is 105 Å². The fourth-order valence-electron chi connectivity index (χ4n) is 1.38. The summed E-state index contributed by atoms with van der Waals surface area (Å²) in [5.41, 5.74) is 5.66. The van der Waals surface area contributed by atoms with E-state index in [-0.39, 0.29) is 10.4 Å². The average Bonchev–Trinajstić information content (AvgIpc) is 2.75. The third-order valence-electron chi connectivity index (χ3n) is 2.48. The van der Waals surface area contributed by atoms with E-state index in [1.807, 2.05) is 11.8 Å². The Hall–Kier alpha value is -1.21. The first-order valence-electron chi connectivity index (χ1n) is 5.45. The zero-order chi connectivity index (χ0) is 13.1. The lowest BCUT2D eigenvalue weighted by molar-refractivity contribution is -0.380. The summed E-state index contributed by atoms with van der Waals surface area (Å²) in [5, 5.41) is 11.4. The third-order valence-corrected chi connectivity index (χ3v) is 3.49. The molecule has 0 spiro atoms. The highest BCUT2D eigenvalue weighted by Gasteiger charge is 2.23. The molecule has 0 atom stereocenters. The van der Waals surface area contributed by atoms with Crippen molar-refractivity contribution in [2.24, 2.45) is 11.1 Å². The maximum atomic E-state index is 10.6. The van der Waals surface area contributed by atoms with Gasteiger partial charge in [0, 0.05) is 13.1 Å². The van der Waals surface area contributed by atoms with Gasteiger partial charge in [-0.15, -0.1) is 0 Å². The van der Waals surface area contributed by atoms with Crippen LogP contribution < -0.4 is 10.6 Å². The molecule has 96 valence electrons. The van der Waals surface area contributed by atoms with E-state index in [1.54, 1.807) is 0 Å². The van der Waals surface area contributed by atoms with Crippen LogP contribution in [-0.2, 0) is 0 Å². The number of nitrogens with two attached hydrogens (primary N) is 1. The fourth-order valence-corrected chi connectivity index (χ4v) is 2.18. The molecular formula is C10H18N4O2S. The average molecular weight is 258 g/mol. The standard InChI is InChI=1S/C10H18N4O2S/c1-4-13(7-10(2,3)6-11)9-12-5-8(17-9)14(15)16/h5H,4,6-7,11H2,1-3H3. The molecule has 0 aliphatic heterocycles. The smallest absolute Gasteiger partial charge is 0.345 e. The second kappa shape index (κ2) is 5.42. The first-order valence-corrected chi connectivity index (χ1v) is 6.26. The molecule has 0 radical (unpaired) electrons. The molecule has 0 aromatic carbocycles. The van der Waals surface area contributed by atoms with Crippen LogP contribution in [0.3, 0.4) is 0 Å². The van der Waals surface area contributed by atoms with Crippen LogP contribution in [0.15, 0.2) is 6.20 Å². The summed E-state index contributed by atoms with van der Waals surface area (Å²) >= 11 is 1.10. The van der Waals surface area contributed by atoms with Gasteiger partial charge in [-0.25, -0.2) is 4.98 Å². The number of nitro groups is 1. The largest absolute Gasteiger partial charge is 0.348 e. The van der Waals surface area contributed by atoms with Crippen LogP contribution in [-0.4, -0.2) is 29.5 Å². The van der Waals surface area contributed by atoms with Crippen molar-refractivity contribution in [3.8, 4) is 0 Å². The van der Waals surface area contributed by atoms with E-state index < -0.39 is 4.92 Å². The normalized spacial score (nSPS) is 11.5. The second-order valence-electron chi connectivity index (χ2n) is 4.62. The maximum absolute atomic E-state index is 10.6. The molecule has 17 heavy (non-hydrogen) atoms. The molecular weight excluding hydrogens is 240 g/mol. The quantitative estimate of drug-likeness (QED) is 0.622. The highest BCUT2D eigenvalue weighted by atomic mass is 32.1. The second-order valence-corrected chi connectivity index (χ2v) is 5.61. The predicted octanol–water partition coefficient (Wildman–Crippen LogP) is 1.86. The summed E-state index contributed by atoms with van der Waals surface area (Å²) < 4.78 is 0. The Morgan fingerprint density at radius 2 is 2.29 bits per heavy atom. The van der Waals surface area contributed by atoms with E-state index in [1.165, 1.54) is 6.20 Å². The van der Waals surface area contributed by atoms with Gasteiger partial charge >= 0.3 is 5.00 Å². The summed E-state index contributed by atoms with van der Waals surface area (Å²) in [5.74, 6) is 0. The monoisotopic (exact) mass is 258 g/mol. The minimum absolute atomic E-state index is 0.0313. The molecule has 1 aromatic heterocycles. The highest BCUT2D eigenvalue weighted by molar-refractivity contribution is 7.18. The van der Waals surface area contributed by atoms with Crippen LogP contribution in [0.25, 0.3) is 0 Å². The summed E-state index contributed by atoms with van der Waals surface area (Å²) in [7, 11) is 0. The number of thiazole rings is 1. The van der Waals surface area contributed by atoms with Crippen LogP contribution >= 0.6 is 11.3 Å². The first kappa shape index (κ1) is 13.9. The lowest BCUT2D eigenvalue weighted by Gasteiger charge is -2.30. The van der Waals surface area contributed by atoms with Crippen LogP contribution in [0.1, 0.15) is 20.8 Å². The van der Waals surface area contributed by atoms with Crippen molar-refractivity contribution in [3.05, 3.63) is 16.3 Å². The van der Waals surface area contributed by atoms with Gasteiger partial charge in [0.25, 0.3) is 0 Å². The molecule has 0 bridgehead atoms. The van der Waals surface area contributed by atoms with Gasteiger partial charge < -0.3 is 10.6 Å². The zero-order valence-corrected chi connectivity index (χ0v) is 11.2. The van der Waals surface area contributed by atoms with E-state index in [4.69, 9.17) is 5.73 Å². The van der Waals surface area contributed by atoms with E-state index in [9.17, 15) is 10.1 Å². The van der Waals surface area contributed by atoms with Gasteiger partial charge in [0.2, 0.25) is 0 Å². The van der Waals surface area contributed by atoms with Gasteiger partial charge in [0.1, 0.15) is 6.20 Å². The maximum Gasteiger partial charge on any atom is 0.345 e. The van der Waals surface area contributed by atoms with Crippen LogP contribution in [0.4, 0.5) is 10.1 Å².